The highest BCUT2D eigenvalue weighted by atomic mass is 32.2. The number of sulfone groups is 1. The molecule has 102 valence electrons. The van der Waals surface area contributed by atoms with Crippen LogP contribution >= 0.6 is 0 Å². The van der Waals surface area contributed by atoms with Gasteiger partial charge in [0.25, 0.3) is 0 Å². The molecule has 0 heterocycles. The number of benzene rings is 1. The largest absolute Gasteiger partial charge is 0.496 e. The third-order valence-corrected chi connectivity index (χ3v) is 4.61. The standard InChI is InChI=1S/C12H18FNO3S/c1-8(18(4,15)16)12(14-2)10-7-9(13)5-6-11(10)17-3/h5-8,12,14H,1-4H3. The average molecular weight is 275 g/mol. The summed E-state index contributed by atoms with van der Waals surface area (Å²) in [5.74, 6) is 0.0398. The Bertz CT molecular complexity index is 516. The maximum Gasteiger partial charge on any atom is 0.151 e. The van der Waals surface area contributed by atoms with Crippen LogP contribution in [0.3, 0.4) is 0 Å². The van der Waals surface area contributed by atoms with E-state index in [0.717, 1.165) is 6.26 Å². The van der Waals surface area contributed by atoms with Gasteiger partial charge in [0.2, 0.25) is 0 Å². The van der Waals surface area contributed by atoms with E-state index in [1.807, 2.05) is 0 Å². The van der Waals surface area contributed by atoms with Crippen LogP contribution in [0.4, 0.5) is 4.39 Å². The molecular formula is C12H18FNO3S. The van der Waals surface area contributed by atoms with Crippen LogP contribution in [-0.2, 0) is 9.84 Å². The molecule has 0 bridgehead atoms. The minimum absolute atomic E-state index is 0.424. The lowest BCUT2D eigenvalue weighted by Crippen LogP contribution is -2.33. The van der Waals surface area contributed by atoms with Crippen molar-refractivity contribution in [1.82, 2.24) is 5.32 Å². The number of rotatable bonds is 5. The van der Waals surface area contributed by atoms with Gasteiger partial charge < -0.3 is 10.1 Å². The summed E-state index contributed by atoms with van der Waals surface area (Å²) >= 11 is 0. The van der Waals surface area contributed by atoms with Crippen LogP contribution in [0.25, 0.3) is 0 Å². The van der Waals surface area contributed by atoms with Crippen molar-refractivity contribution < 1.29 is 17.5 Å². The zero-order chi connectivity index (χ0) is 13.9. The van der Waals surface area contributed by atoms with Crippen LogP contribution in [0.2, 0.25) is 0 Å². The molecule has 0 aliphatic heterocycles. The van der Waals surface area contributed by atoms with Crippen LogP contribution in [0, 0.1) is 5.82 Å². The molecule has 2 unspecified atom stereocenters. The predicted molar refractivity (Wildman–Crippen MR) is 69.1 cm³/mol. The average Bonchev–Trinajstić information content (AvgIpc) is 2.29. The highest BCUT2D eigenvalue weighted by molar-refractivity contribution is 7.91. The molecule has 0 aliphatic carbocycles. The monoisotopic (exact) mass is 275 g/mol. The molecule has 0 amide bonds. The third kappa shape index (κ3) is 3.20. The first kappa shape index (κ1) is 14.9. The van der Waals surface area contributed by atoms with Crippen LogP contribution in [-0.4, -0.2) is 34.1 Å². The molecule has 0 fully saturated rings. The fraction of sp³-hybridized carbons (Fsp3) is 0.500. The smallest absolute Gasteiger partial charge is 0.151 e. The molecule has 0 aliphatic rings. The maximum atomic E-state index is 13.3. The number of hydrogen-bond donors (Lipinski definition) is 1. The number of hydrogen-bond acceptors (Lipinski definition) is 4. The summed E-state index contributed by atoms with van der Waals surface area (Å²) in [5.41, 5.74) is 0.498. The fourth-order valence-corrected chi connectivity index (χ4v) is 2.62. The molecule has 1 rings (SSSR count). The molecule has 1 aromatic carbocycles. The van der Waals surface area contributed by atoms with Gasteiger partial charge in [0, 0.05) is 11.8 Å². The molecule has 4 nitrogen and oxygen atoms in total. The highest BCUT2D eigenvalue weighted by Gasteiger charge is 2.28. The van der Waals surface area contributed by atoms with Crippen LogP contribution < -0.4 is 10.1 Å². The second-order valence-corrected chi connectivity index (χ2v) is 6.59. The Hall–Kier alpha value is -1.14. The first-order valence-corrected chi connectivity index (χ1v) is 7.46. The molecule has 0 spiro atoms. The summed E-state index contributed by atoms with van der Waals surface area (Å²) in [5, 5.41) is 2.22. The van der Waals surface area contributed by atoms with E-state index in [1.54, 1.807) is 14.0 Å². The van der Waals surface area contributed by atoms with Crippen molar-refractivity contribution >= 4 is 9.84 Å². The molecular weight excluding hydrogens is 257 g/mol. The molecule has 18 heavy (non-hydrogen) atoms. The SMILES string of the molecule is CNC(c1cc(F)ccc1OC)C(C)S(C)(=O)=O. The molecule has 2 atom stereocenters. The predicted octanol–water partition coefficient (Wildman–Crippen LogP) is 1.53. The van der Waals surface area contributed by atoms with Crippen LogP contribution in [0.5, 0.6) is 5.75 Å². The molecule has 6 heteroatoms. The van der Waals surface area contributed by atoms with E-state index >= 15 is 0 Å². The Balaban J connectivity index is 3.28. The Morgan fingerprint density at radius 3 is 2.44 bits per heavy atom. The summed E-state index contributed by atoms with van der Waals surface area (Å²) < 4.78 is 41.7. The van der Waals surface area contributed by atoms with E-state index in [9.17, 15) is 12.8 Å². The van der Waals surface area contributed by atoms with Gasteiger partial charge in [-0.2, -0.15) is 0 Å². The first-order valence-electron chi connectivity index (χ1n) is 5.50. The second-order valence-electron chi connectivity index (χ2n) is 4.19. The number of ether oxygens (including phenoxy) is 1. The Morgan fingerprint density at radius 2 is 2.00 bits per heavy atom. The lowest BCUT2D eigenvalue weighted by Gasteiger charge is -2.24. The van der Waals surface area contributed by atoms with Crippen molar-refractivity contribution in [2.24, 2.45) is 0 Å². The summed E-state index contributed by atoms with van der Waals surface area (Å²) in [7, 11) is -0.138. The lowest BCUT2D eigenvalue weighted by atomic mass is 10.0. The van der Waals surface area contributed by atoms with Crippen LogP contribution in [0.15, 0.2) is 18.2 Å². The Morgan fingerprint density at radius 1 is 1.39 bits per heavy atom. The molecule has 1 N–H and O–H groups in total. The zero-order valence-electron chi connectivity index (χ0n) is 10.9. The van der Waals surface area contributed by atoms with E-state index in [0.29, 0.717) is 11.3 Å². The maximum absolute atomic E-state index is 13.3. The summed E-state index contributed by atoms with van der Waals surface area (Å²) in [6.45, 7) is 1.58. The van der Waals surface area contributed by atoms with Gasteiger partial charge >= 0.3 is 0 Å². The summed E-state index contributed by atoms with van der Waals surface area (Å²) in [4.78, 5) is 0. The Labute approximate surface area is 107 Å². The molecule has 0 saturated carbocycles. The molecule has 0 aromatic heterocycles. The summed E-state index contributed by atoms with van der Waals surface area (Å²) in [6, 6.07) is 3.54. The van der Waals surface area contributed by atoms with Crippen molar-refractivity contribution in [3.05, 3.63) is 29.6 Å². The third-order valence-electron chi connectivity index (χ3n) is 2.98. The van der Waals surface area contributed by atoms with Crippen molar-refractivity contribution in [3.63, 3.8) is 0 Å². The van der Waals surface area contributed by atoms with Gasteiger partial charge in [0.05, 0.1) is 18.4 Å². The first-order chi connectivity index (χ1) is 8.31. The van der Waals surface area contributed by atoms with E-state index in [4.69, 9.17) is 4.74 Å². The molecule has 0 saturated heterocycles. The minimum Gasteiger partial charge on any atom is -0.496 e. The van der Waals surface area contributed by atoms with Crippen molar-refractivity contribution in [2.45, 2.75) is 18.2 Å². The summed E-state index contributed by atoms with van der Waals surface area (Å²) in [6.07, 6.45) is 1.16. The quantitative estimate of drug-likeness (QED) is 0.885. The number of methoxy groups -OCH3 is 1. The van der Waals surface area contributed by atoms with Gasteiger partial charge in [-0.05, 0) is 32.2 Å². The second kappa shape index (κ2) is 5.67. The minimum atomic E-state index is -3.24. The van der Waals surface area contributed by atoms with Crippen molar-refractivity contribution in [3.8, 4) is 5.75 Å². The van der Waals surface area contributed by atoms with Gasteiger partial charge in [0.15, 0.2) is 9.84 Å². The fourth-order valence-electron chi connectivity index (χ4n) is 1.84. The molecule has 0 radical (unpaired) electrons. The topological polar surface area (TPSA) is 55.4 Å². The normalized spacial score (nSPS) is 15.2. The lowest BCUT2D eigenvalue weighted by molar-refractivity contribution is 0.398. The van der Waals surface area contributed by atoms with Gasteiger partial charge in [0.1, 0.15) is 11.6 Å². The van der Waals surface area contributed by atoms with Gasteiger partial charge in [-0.15, -0.1) is 0 Å². The van der Waals surface area contributed by atoms with E-state index < -0.39 is 26.9 Å². The van der Waals surface area contributed by atoms with Gasteiger partial charge in [-0.3, -0.25) is 0 Å². The van der Waals surface area contributed by atoms with Crippen molar-refractivity contribution in [1.29, 1.82) is 0 Å². The highest BCUT2D eigenvalue weighted by Crippen LogP contribution is 2.30. The van der Waals surface area contributed by atoms with E-state index in [1.165, 1.54) is 25.3 Å². The Kier molecular flexibility index (Phi) is 4.70. The van der Waals surface area contributed by atoms with Gasteiger partial charge in [-0.25, -0.2) is 12.8 Å². The number of nitrogens with one attached hydrogen (secondary N) is 1. The zero-order valence-corrected chi connectivity index (χ0v) is 11.7. The van der Waals surface area contributed by atoms with Crippen LogP contribution in [0.1, 0.15) is 18.5 Å². The van der Waals surface area contributed by atoms with Gasteiger partial charge in [-0.1, -0.05) is 0 Å². The van der Waals surface area contributed by atoms with Crippen molar-refractivity contribution in [2.75, 3.05) is 20.4 Å². The molecule has 1 aromatic rings. The van der Waals surface area contributed by atoms with E-state index in [2.05, 4.69) is 5.32 Å². The number of halogens is 1. The van der Waals surface area contributed by atoms with E-state index in [-0.39, 0.29) is 0 Å².